The molecular formula is C20H18F2N2O2. The molecule has 0 saturated heterocycles. The number of nitrogens with one attached hydrogen (secondary N) is 2. The molecule has 2 N–H and O–H groups in total. The van der Waals surface area contributed by atoms with Crippen LogP contribution in [0.1, 0.15) is 28.8 Å². The van der Waals surface area contributed by atoms with Gasteiger partial charge in [0.1, 0.15) is 23.5 Å². The maximum absolute atomic E-state index is 13.7. The van der Waals surface area contributed by atoms with Crippen molar-refractivity contribution >= 4 is 23.5 Å². The van der Waals surface area contributed by atoms with Crippen molar-refractivity contribution in [1.29, 1.82) is 0 Å². The highest BCUT2D eigenvalue weighted by molar-refractivity contribution is 6.04. The molecule has 1 aliphatic heterocycles. The van der Waals surface area contributed by atoms with Gasteiger partial charge >= 0.3 is 0 Å². The molecular weight excluding hydrogens is 338 g/mol. The first-order valence-corrected chi connectivity index (χ1v) is 8.34. The van der Waals surface area contributed by atoms with Crippen LogP contribution in [0.5, 0.6) is 0 Å². The van der Waals surface area contributed by atoms with E-state index in [1.54, 1.807) is 24.3 Å². The van der Waals surface area contributed by atoms with Crippen LogP contribution in [-0.4, -0.2) is 25.3 Å². The molecule has 0 unspecified atom stereocenters. The molecule has 1 amide bonds. The summed E-state index contributed by atoms with van der Waals surface area (Å²) in [5.41, 5.74) is 2.44. The van der Waals surface area contributed by atoms with Crippen molar-refractivity contribution in [3.63, 3.8) is 0 Å². The SMILES string of the molecule is O=CC1=C(c2ccc(NC(=O)c3c(F)cccc3F)cc2)CCNCC1. The number of hydrogen-bond donors (Lipinski definition) is 2. The number of hydrogen-bond acceptors (Lipinski definition) is 3. The van der Waals surface area contributed by atoms with E-state index in [4.69, 9.17) is 0 Å². The minimum Gasteiger partial charge on any atom is -0.322 e. The van der Waals surface area contributed by atoms with Gasteiger partial charge < -0.3 is 10.6 Å². The minimum atomic E-state index is -0.911. The van der Waals surface area contributed by atoms with Gasteiger partial charge in [-0.25, -0.2) is 8.78 Å². The van der Waals surface area contributed by atoms with Crippen LogP contribution >= 0.6 is 0 Å². The first-order chi connectivity index (χ1) is 12.6. The topological polar surface area (TPSA) is 58.2 Å². The largest absolute Gasteiger partial charge is 0.322 e. The summed E-state index contributed by atoms with van der Waals surface area (Å²) in [5, 5.41) is 5.74. The molecule has 0 bridgehead atoms. The summed E-state index contributed by atoms with van der Waals surface area (Å²) in [6, 6.07) is 10.2. The van der Waals surface area contributed by atoms with Crippen LogP contribution in [0.3, 0.4) is 0 Å². The van der Waals surface area contributed by atoms with Gasteiger partial charge in [0.15, 0.2) is 0 Å². The molecule has 1 aliphatic rings. The van der Waals surface area contributed by atoms with Crippen molar-refractivity contribution in [2.75, 3.05) is 18.4 Å². The monoisotopic (exact) mass is 356 g/mol. The Labute approximate surface area is 149 Å². The lowest BCUT2D eigenvalue weighted by molar-refractivity contribution is -0.105. The predicted octanol–water partition coefficient (Wildman–Crippen LogP) is 3.55. The van der Waals surface area contributed by atoms with Gasteiger partial charge in [-0.1, -0.05) is 18.2 Å². The number of anilines is 1. The van der Waals surface area contributed by atoms with Crippen LogP contribution in [0, 0.1) is 11.6 Å². The van der Waals surface area contributed by atoms with Crippen LogP contribution in [0.25, 0.3) is 5.57 Å². The summed E-state index contributed by atoms with van der Waals surface area (Å²) in [6.07, 6.45) is 2.29. The number of benzene rings is 2. The fourth-order valence-corrected chi connectivity index (χ4v) is 3.00. The Balaban J connectivity index is 1.81. The fraction of sp³-hybridized carbons (Fsp3) is 0.200. The molecule has 2 aromatic rings. The predicted molar refractivity (Wildman–Crippen MR) is 95.8 cm³/mol. The van der Waals surface area contributed by atoms with Crippen LogP contribution in [0.15, 0.2) is 48.0 Å². The Kier molecular flexibility index (Phi) is 5.53. The maximum Gasteiger partial charge on any atom is 0.261 e. The van der Waals surface area contributed by atoms with Gasteiger partial charge in [0.05, 0.1) is 0 Å². The smallest absolute Gasteiger partial charge is 0.261 e. The van der Waals surface area contributed by atoms with Gasteiger partial charge in [0, 0.05) is 5.69 Å². The van der Waals surface area contributed by atoms with E-state index in [0.29, 0.717) is 12.1 Å². The highest BCUT2D eigenvalue weighted by atomic mass is 19.1. The van der Waals surface area contributed by atoms with E-state index in [0.717, 1.165) is 54.6 Å². The summed E-state index contributed by atoms with van der Waals surface area (Å²) in [6.45, 7) is 1.55. The van der Waals surface area contributed by atoms with Gasteiger partial charge in [-0.05, 0) is 66.9 Å². The molecule has 6 heteroatoms. The summed E-state index contributed by atoms with van der Waals surface area (Å²) in [7, 11) is 0. The molecule has 3 rings (SSSR count). The summed E-state index contributed by atoms with van der Waals surface area (Å²) in [4.78, 5) is 23.4. The second-order valence-electron chi connectivity index (χ2n) is 6.00. The Morgan fingerprint density at radius 2 is 1.65 bits per heavy atom. The molecule has 0 atom stereocenters. The number of rotatable bonds is 4. The summed E-state index contributed by atoms with van der Waals surface area (Å²) in [5.74, 6) is -2.67. The number of amides is 1. The molecule has 0 radical (unpaired) electrons. The van der Waals surface area contributed by atoms with E-state index in [-0.39, 0.29) is 0 Å². The standard InChI is InChI=1S/C20H18F2N2O2/c21-17-2-1-3-18(22)19(17)20(26)24-15-6-4-13(5-7-15)16-9-11-23-10-8-14(16)12-25/h1-7,12,23H,8-11H2,(H,24,26). The van der Waals surface area contributed by atoms with Crippen LogP contribution in [-0.2, 0) is 4.79 Å². The van der Waals surface area contributed by atoms with Crippen LogP contribution in [0.2, 0.25) is 0 Å². The van der Waals surface area contributed by atoms with Crippen molar-refractivity contribution < 1.29 is 18.4 Å². The molecule has 0 saturated carbocycles. The van der Waals surface area contributed by atoms with E-state index in [9.17, 15) is 18.4 Å². The Hall–Kier alpha value is -2.86. The van der Waals surface area contributed by atoms with Gasteiger partial charge in [0.2, 0.25) is 0 Å². The van der Waals surface area contributed by atoms with Gasteiger partial charge in [-0.3, -0.25) is 9.59 Å². The Bertz CT molecular complexity index is 840. The Morgan fingerprint density at radius 1 is 1.00 bits per heavy atom. The zero-order chi connectivity index (χ0) is 18.5. The zero-order valence-electron chi connectivity index (χ0n) is 14.0. The molecule has 26 heavy (non-hydrogen) atoms. The van der Waals surface area contributed by atoms with E-state index >= 15 is 0 Å². The third-order valence-corrected chi connectivity index (χ3v) is 4.33. The van der Waals surface area contributed by atoms with E-state index in [2.05, 4.69) is 10.6 Å². The van der Waals surface area contributed by atoms with Crippen molar-refractivity contribution in [1.82, 2.24) is 5.32 Å². The summed E-state index contributed by atoms with van der Waals surface area (Å²) >= 11 is 0. The molecule has 0 aromatic heterocycles. The fourth-order valence-electron chi connectivity index (χ4n) is 3.00. The van der Waals surface area contributed by atoms with E-state index in [1.807, 2.05) is 0 Å². The number of carbonyl (C=O) groups excluding carboxylic acids is 2. The average molecular weight is 356 g/mol. The molecule has 4 nitrogen and oxygen atoms in total. The van der Waals surface area contributed by atoms with Gasteiger partial charge in [-0.2, -0.15) is 0 Å². The molecule has 2 aromatic carbocycles. The molecule has 134 valence electrons. The molecule has 0 spiro atoms. The number of halogens is 2. The van der Waals surface area contributed by atoms with Gasteiger partial charge in [-0.15, -0.1) is 0 Å². The Morgan fingerprint density at radius 3 is 2.31 bits per heavy atom. The first kappa shape index (κ1) is 17.9. The number of aldehydes is 1. The zero-order valence-corrected chi connectivity index (χ0v) is 14.0. The second-order valence-corrected chi connectivity index (χ2v) is 6.00. The molecule has 0 aliphatic carbocycles. The molecule has 0 fully saturated rings. The van der Waals surface area contributed by atoms with E-state index < -0.39 is 23.1 Å². The lowest BCUT2D eigenvalue weighted by Crippen LogP contribution is -2.15. The third kappa shape index (κ3) is 3.86. The van der Waals surface area contributed by atoms with Crippen molar-refractivity contribution in [3.8, 4) is 0 Å². The summed E-state index contributed by atoms with van der Waals surface area (Å²) < 4.78 is 27.4. The van der Waals surface area contributed by atoms with Crippen LogP contribution in [0.4, 0.5) is 14.5 Å². The van der Waals surface area contributed by atoms with Crippen molar-refractivity contribution in [2.45, 2.75) is 12.8 Å². The van der Waals surface area contributed by atoms with Crippen molar-refractivity contribution in [3.05, 3.63) is 70.8 Å². The highest BCUT2D eigenvalue weighted by Gasteiger charge is 2.17. The highest BCUT2D eigenvalue weighted by Crippen LogP contribution is 2.26. The number of carbonyl (C=O) groups is 2. The molecule has 1 heterocycles. The van der Waals surface area contributed by atoms with Crippen molar-refractivity contribution in [2.24, 2.45) is 0 Å². The lowest BCUT2D eigenvalue weighted by Gasteiger charge is -2.11. The first-order valence-electron chi connectivity index (χ1n) is 8.34. The maximum atomic E-state index is 13.7. The van der Waals surface area contributed by atoms with Gasteiger partial charge in [0.25, 0.3) is 5.91 Å². The second kappa shape index (κ2) is 8.01. The minimum absolute atomic E-state index is 0.418. The lowest BCUT2D eigenvalue weighted by atomic mass is 9.96. The van der Waals surface area contributed by atoms with Crippen LogP contribution < -0.4 is 10.6 Å². The van der Waals surface area contributed by atoms with E-state index in [1.165, 1.54) is 6.07 Å². The quantitative estimate of drug-likeness (QED) is 0.824. The third-order valence-electron chi connectivity index (χ3n) is 4.33. The normalized spacial score (nSPS) is 14.7. The average Bonchev–Trinajstić information content (AvgIpc) is 2.87.